The van der Waals surface area contributed by atoms with Crippen molar-refractivity contribution in [3.05, 3.63) is 111 Å². The van der Waals surface area contributed by atoms with E-state index >= 15 is 0 Å². The number of aromatic nitrogens is 2. The van der Waals surface area contributed by atoms with Crippen LogP contribution in [0, 0.1) is 11.7 Å². The summed E-state index contributed by atoms with van der Waals surface area (Å²) in [5.41, 5.74) is 8.55. The maximum absolute atomic E-state index is 14.6. The van der Waals surface area contributed by atoms with E-state index in [0.29, 0.717) is 55.8 Å². The monoisotopic (exact) mass is 664 g/mol. The highest BCUT2D eigenvalue weighted by atomic mass is 19.1. The number of carbonyl (C=O) groups is 2. The molecular weight excluding hydrogens is 619 g/mol. The van der Waals surface area contributed by atoms with Crippen molar-refractivity contribution in [2.45, 2.75) is 75.4 Å². The molecule has 4 aromatic rings. The van der Waals surface area contributed by atoms with E-state index in [1.54, 1.807) is 34.1 Å². The first-order valence-corrected chi connectivity index (χ1v) is 17.7. The maximum Gasteiger partial charge on any atom is 0.272 e. The summed E-state index contributed by atoms with van der Waals surface area (Å²) in [4.78, 5) is 40.7. The normalized spacial score (nSPS) is 23.5. The fraction of sp³-hybridized carbons (Fsp3) is 0.436. The highest BCUT2D eigenvalue weighted by Gasteiger charge is 2.39. The number of H-pyrrole nitrogens is 1. The molecule has 3 aromatic carbocycles. The van der Waals surface area contributed by atoms with Gasteiger partial charge in [-0.3, -0.25) is 14.4 Å². The van der Waals surface area contributed by atoms with Crippen LogP contribution < -0.4 is 16.6 Å². The van der Waals surface area contributed by atoms with Gasteiger partial charge in [-0.2, -0.15) is 5.10 Å². The lowest BCUT2D eigenvalue weighted by Gasteiger charge is -2.35. The SMILES string of the molecule is NC1CCC(NC2CC2c2ccccc2)CC1.O=C(c1cc(Cc2n[nH]c(=O)c3ccccc23)ccc1F)N1CCN(C(=O)C2CC2)CC1. The highest BCUT2D eigenvalue weighted by Crippen LogP contribution is 2.41. The number of piperazine rings is 1. The summed E-state index contributed by atoms with van der Waals surface area (Å²) in [7, 11) is 0. The van der Waals surface area contributed by atoms with Crippen LogP contribution in [-0.2, 0) is 11.2 Å². The van der Waals surface area contributed by atoms with Gasteiger partial charge in [-0.25, -0.2) is 9.49 Å². The zero-order chi connectivity index (χ0) is 33.9. The molecule has 2 heterocycles. The number of halogens is 1. The van der Waals surface area contributed by atoms with E-state index < -0.39 is 5.82 Å². The van der Waals surface area contributed by atoms with Crippen molar-refractivity contribution in [3.63, 3.8) is 0 Å². The summed E-state index contributed by atoms with van der Waals surface area (Å²) in [6.45, 7) is 1.76. The van der Waals surface area contributed by atoms with Crippen molar-refractivity contribution in [2.75, 3.05) is 26.2 Å². The maximum atomic E-state index is 14.6. The van der Waals surface area contributed by atoms with Crippen molar-refractivity contribution in [1.29, 1.82) is 0 Å². The second kappa shape index (κ2) is 14.6. The summed E-state index contributed by atoms with van der Waals surface area (Å²) in [6.07, 6.45) is 8.48. The van der Waals surface area contributed by atoms with Gasteiger partial charge in [-0.1, -0.05) is 54.6 Å². The summed E-state index contributed by atoms with van der Waals surface area (Å²) < 4.78 is 14.6. The molecule has 256 valence electrons. The molecule has 3 saturated carbocycles. The number of aromatic amines is 1. The van der Waals surface area contributed by atoms with Gasteiger partial charge in [-0.15, -0.1) is 0 Å². The lowest BCUT2D eigenvalue weighted by atomic mass is 9.92. The average molecular weight is 665 g/mol. The third-order valence-corrected chi connectivity index (χ3v) is 10.5. The highest BCUT2D eigenvalue weighted by molar-refractivity contribution is 5.95. The minimum Gasteiger partial charge on any atom is -0.339 e. The molecule has 4 fully saturated rings. The zero-order valence-electron chi connectivity index (χ0n) is 27.8. The van der Waals surface area contributed by atoms with Crippen LogP contribution in [0.25, 0.3) is 10.8 Å². The number of carbonyl (C=O) groups excluding carboxylic acids is 2. The fourth-order valence-corrected chi connectivity index (χ4v) is 7.27. The van der Waals surface area contributed by atoms with E-state index in [2.05, 4.69) is 45.8 Å². The summed E-state index contributed by atoms with van der Waals surface area (Å²) in [5.74, 6) is 0.137. The Morgan fingerprint density at radius 2 is 1.53 bits per heavy atom. The van der Waals surface area contributed by atoms with Crippen LogP contribution in [0.2, 0.25) is 0 Å². The molecule has 4 aliphatic rings. The van der Waals surface area contributed by atoms with Crippen molar-refractivity contribution in [3.8, 4) is 0 Å². The Kier molecular flexibility index (Phi) is 9.86. The number of nitrogens with one attached hydrogen (secondary N) is 2. The molecule has 1 saturated heterocycles. The van der Waals surface area contributed by atoms with Crippen LogP contribution in [0.1, 0.15) is 78.0 Å². The van der Waals surface area contributed by atoms with Gasteiger partial charge in [0.2, 0.25) is 5.91 Å². The Morgan fingerprint density at radius 3 is 2.24 bits per heavy atom. The number of hydrogen-bond acceptors (Lipinski definition) is 6. The molecule has 8 rings (SSSR count). The number of fused-ring (bicyclic) bond motifs is 1. The summed E-state index contributed by atoms with van der Waals surface area (Å²) >= 11 is 0. The van der Waals surface area contributed by atoms with Crippen molar-refractivity contribution in [2.24, 2.45) is 11.7 Å². The standard InChI is InChI=1S/C24H23FN4O3.C15H22N2/c25-20-8-5-15(14-21-17-3-1-2-4-18(17)22(30)27-26-21)13-19(20)24(32)29-11-9-28(10-12-29)23(31)16-6-7-16;16-12-6-8-13(9-7-12)17-15-10-14(15)11-4-2-1-3-5-11/h1-5,8,13,16H,6-7,9-12,14H2,(H,27,30);1-5,12-15,17H,6-10,16H2. The Labute approximate surface area is 286 Å². The molecule has 2 atom stereocenters. The van der Waals surface area contributed by atoms with E-state index in [1.807, 2.05) is 12.1 Å². The lowest BCUT2D eigenvalue weighted by molar-refractivity contribution is -0.134. The molecule has 10 heteroatoms. The largest absolute Gasteiger partial charge is 0.339 e. The van der Waals surface area contributed by atoms with Gasteiger partial charge < -0.3 is 20.9 Å². The third-order valence-electron chi connectivity index (χ3n) is 10.5. The van der Waals surface area contributed by atoms with Gasteiger partial charge >= 0.3 is 0 Å². The van der Waals surface area contributed by atoms with Gasteiger partial charge in [0.1, 0.15) is 5.82 Å². The molecule has 2 unspecified atom stereocenters. The number of benzene rings is 3. The Morgan fingerprint density at radius 1 is 0.857 bits per heavy atom. The molecule has 3 aliphatic carbocycles. The minimum atomic E-state index is -0.575. The topological polar surface area (TPSA) is 124 Å². The molecule has 0 spiro atoms. The van der Waals surface area contributed by atoms with Crippen molar-refractivity contribution in [1.82, 2.24) is 25.3 Å². The third kappa shape index (κ3) is 7.92. The van der Waals surface area contributed by atoms with Gasteiger partial charge in [0.05, 0.1) is 16.6 Å². The first kappa shape index (κ1) is 33.1. The molecule has 0 bridgehead atoms. The predicted molar refractivity (Wildman–Crippen MR) is 188 cm³/mol. The summed E-state index contributed by atoms with van der Waals surface area (Å²) in [6, 6.07) is 24.4. The molecule has 0 radical (unpaired) electrons. The molecule has 1 aromatic heterocycles. The number of rotatable bonds is 7. The zero-order valence-corrected chi connectivity index (χ0v) is 27.8. The number of hydrogen-bond donors (Lipinski definition) is 3. The second-order valence-electron chi connectivity index (χ2n) is 14.1. The molecule has 49 heavy (non-hydrogen) atoms. The second-order valence-corrected chi connectivity index (χ2v) is 14.1. The number of nitrogens with two attached hydrogens (primary N) is 1. The number of nitrogens with zero attached hydrogens (tertiary/aromatic N) is 3. The molecule has 9 nitrogen and oxygen atoms in total. The first-order chi connectivity index (χ1) is 23.8. The van der Waals surface area contributed by atoms with E-state index in [-0.39, 0.29) is 28.9 Å². The van der Waals surface area contributed by atoms with Gasteiger partial charge in [-0.05, 0) is 74.3 Å². The van der Waals surface area contributed by atoms with Gasteiger partial charge in [0.25, 0.3) is 11.5 Å². The number of amides is 2. The van der Waals surface area contributed by atoms with E-state index in [4.69, 9.17) is 5.73 Å². The molecule has 1 aliphatic heterocycles. The Hall–Kier alpha value is -4.41. The quantitative estimate of drug-likeness (QED) is 0.262. The van der Waals surface area contributed by atoms with Crippen molar-refractivity contribution >= 4 is 22.6 Å². The Bertz CT molecular complexity index is 1840. The smallest absolute Gasteiger partial charge is 0.272 e. The Balaban J connectivity index is 0.000000186. The average Bonchev–Trinajstić information content (AvgIpc) is 4.08. The van der Waals surface area contributed by atoms with Crippen LogP contribution in [-0.4, -0.2) is 76.1 Å². The van der Waals surface area contributed by atoms with Crippen LogP contribution in [0.4, 0.5) is 4.39 Å². The molecule has 2 amide bonds. The van der Waals surface area contributed by atoms with E-state index in [9.17, 15) is 18.8 Å². The van der Waals surface area contributed by atoms with Gasteiger partial charge in [0.15, 0.2) is 0 Å². The predicted octanol–water partition coefficient (Wildman–Crippen LogP) is 4.75. The van der Waals surface area contributed by atoms with E-state index in [1.165, 1.54) is 43.7 Å². The lowest BCUT2D eigenvalue weighted by Crippen LogP contribution is -2.51. The van der Waals surface area contributed by atoms with Crippen LogP contribution in [0.15, 0.2) is 77.6 Å². The fourth-order valence-electron chi connectivity index (χ4n) is 7.27. The van der Waals surface area contributed by atoms with E-state index in [0.717, 1.165) is 35.8 Å². The van der Waals surface area contributed by atoms with Gasteiger partial charge in [0, 0.05) is 67.9 Å². The summed E-state index contributed by atoms with van der Waals surface area (Å²) in [5, 5.41) is 11.7. The first-order valence-electron chi connectivity index (χ1n) is 17.7. The van der Waals surface area contributed by atoms with Crippen molar-refractivity contribution < 1.29 is 14.0 Å². The molecular formula is C39H45FN6O3. The van der Waals surface area contributed by atoms with Crippen LogP contribution in [0.3, 0.4) is 0 Å². The van der Waals surface area contributed by atoms with Crippen LogP contribution >= 0.6 is 0 Å². The molecule has 4 N–H and O–H groups in total. The minimum absolute atomic E-state index is 0.0122. The van der Waals surface area contributed by atoms with Crippen LogP contribution in [0.5, 0.6) is 0 Å².